The van der Waals surface area contributed by atoms with Gasteiger partial charge in [0.05, 0.1) is 0 Å². The molecule has 2 fully saturated rings. The summed E-state index contributed by atoms with van der Waals surface area (Å²) in [6, 6.07) is 4.46. The molecule has 42 heavy (non-hydrogen) atoms. The van der Waals surface area contributed by atoms with Crippen LogP contribution in [0.1, 0.15) is 44.2 Å². The van der Waals surface area contributed by atoms with Crippen LogP contribution in [0.2, 0.25) is 0 Å². The number of carbonyl (C=O) groups is 1. The van der Waals surface area contributed by atoms with Crippen LogP contribution < -0.4 is 10.5 Å². The predicted molar refractivity (Wildman–Crippen MR) is 133 cm³/mol. The van der Waals surface area contributed by atoms with Gasteiger partial charge in [-0.25, -0.2) is 4.79 Å². The van der Waals surface area contributed by atoms with Gasteiger partial charge in [-0.2, -0.15) is 26.3 Å². The van der Waals surface area contributed by atoms with Gasteiger partial charge in [-0.15, -0.1) is 13.2 Å². The Morgan fingerprint density at radius 1 is 1.05 bits per heavy atom. The van der Waals surface area contributed by atoms with Crippen molar-refractivity contribution in [3.63, 3.8) is 0 Å². The molecule has 1 spiro atoms. The van der Waals surface area contributed by atoms with Crippen molar-refractivity contribution in [1.82, 2.24) is 14.7 Å². The van der Waals surface area contributed by atoms with Crippen molar-refractivity contribution in [2.45, 2.75) is 76.6 Å². The number of nitrogens with two attached hydrogens (primary N) is 1. The van der Waals surface area contributed by atoms with E-state index in [9.17, 15) is 44.3 Å². The fourth-order valence-corrected chi connectivity index (χ4v) is 5.86. The molecule has 0 bridgehead atoms. The zero-order chi connectivity index (χ0) is 31.7. The maximum absolute atomic E-state index is 13.2. The third-order valence-corrected chi connectivity index (χ3v) is 7.76. The summed E-state index contributed by atoms with van der Waals surface area (Å²) in [5, 5.41) is 0. The average Bonchev–Trinajstić information content (AvgIpc) is 3.06. The number of nitrogens with zero attached hydrogens (tertiary/aromatic N) is 3. The maximum atomic E-state index is 13.2. The lowest BCUT2D eigenvalue weighted by Gasteiger charge is -2.39. The molecule has 0 aliphatic carbocycles. The van der Waals surface area contributed by atoms with Gasteiger partial charge >= 0.3 is 24.8 Å². The fourth-order valence-electron chi connectivity index (χ4n) is 5.86. The molecule has 1 aromatic carbocycles. The molecule has 1 aromatic rings. The van der Waals surface area contributed by atoms with Gasteiger partial charge < -0.3 is 25.0 Å². The third kappa shape index (κ3) is 8.78. The molecule has 0 radical (unpaired) electrons. The van der Waals surface area contributed by atoms with Crippen molar-refractivity contribution in [3.8, 4) is 5.75 Å². The Labute approximate surface area is 237 Å². The minimum atomic E-state index is -5.81. The molecule has 0 aromatic heterocycles. The van der Waals surface area contributed by atoms with Crippen LogP contribution in [0.4, 0.5) is 44.3 Å². The van der Waals surface area contributed by atoms with Gasteiger partial charge in [0.1, 0.15) is 5.75 Å². The molecule has 2 saturated heterocycles. The molecular weight excluding hydrogens is 587 g/mol. The van der Waals surface area contributed by atoms with Gasteiger partial charge in [-0.05, 0) is 63.3 Å². The second kappa shape index (κ2) is 12.3. The van der Waals surface area contributed by atoms with E-state index in [2.05, 4.69) is 9.47 Å². The van der Waals surface area contributed by atoms with Gasteiger partial charge in [0, 0.05) is 56.9 Å². The van der Waals surface area contributed by atoms with Gasteiger partial charge in [0.2, 0.25) is 0 Å². The van der Waals surface area contributed by atoms with E-state index in [0.717, 1.165) is 10.5 Å². The lowest BCUT2D eigenvalue weighted by atomic mass is 9.74. The van der Waals surface area contributed by atoms with Crippen LogP contribution in [0, 0.1) is 5.41 Å². The number of carbonyl (C=O) groups excluding carboxylic acids is 1. The monoisotopic (exact) mass is 622 g/mol. The van der Waals surface area contributed by atoms with E-state index in [1.165, 1.54) is 6.07 Å². The number of amides is 1. The van der Waals surface area contributed by atoms with Crippen molar-refractivity contribution in [2.24, 2.45) is 11.1 Å². The Morgan fingerprint density at radius 2 is 1.64 bits per heavy atom. The topological polar surface area (TPSA) is 71.3 Å². The molecule has 16 heteroatoms. The number of hydrogen-bond donors (Lipinski definition) is 1. The molecule has 2 heterocycles. The first-order valence-corrected chi connectivity index (χ1v) is 13.2. The SMILES string of the molecule is CN(CCN)Cc1ccc(OC(F)(F)F)c(CN2CC3(CCN(C(=O)OC(C(F)(F)F)C(F)(F)F)CC3)CC2(C)C)c1. The van der Waals surface area contributed by atoms with E-state index >= 15 is 0 Å². The Kier molecular flexibility index (Phi) is 9.94. The highest BCUT2D eigenvalue weighted by Crippen LogP contribution is 2.49. The standard InChI is InChI=1S/C26H35F9N4O3/c1-22(2)15-23(6-9-38(10-7-23)21(40)41-20(24(27,28)29)25(30,31)32)16-39(22)14-18-12-17(13-37(3)11-8-36)4-5-19(18)42-26(33,34)35/h4-5,12,20H,6-11,13-16,36H2,1-3H3. The maximum Gasteiger partial charge on any atom is 0.573 e. The summed E-state index contributed by atoms with van der Waals surface area (Å²) in [7, 11) is 1.83. The van der Waals surface area contributed by atoms with Crippen molar-refractivity contribution < 1.29 is 53.8 Å². The minimum Gasteiger partial charge on any atom is -0.426 e. The fraction of sp³-hybridized carbons (Fsp3) is 0.731. The second-order valence-electron chi connectivity index (χ2n) is 11.7. The normalized spacial score (nSPS) is 19.6. The number of likely N-dealkylation sites (N-methyl/N-ethyl adjacent to an activating group) is 1. The number of ether oxygens (including phenoxy) is 2. The van der Waals surface area contributed by atoms with Crippen LogP contribution in [0.15, 0.2) is 18.2 Å². The first-order valence-electron chi connectivity index (χ1n) is 13.2. The first kappa shape index (κ1) is 34.0. The Hall–Kier alpha value is -2.46. The number of likely N-dealkylation sites (tertiary alicyclic amines) is 2. The van der Waals surface area contributed by atoms with Crippen LogP contribution in [-0.4, -0.2) is 90.9 Å². The smallest absolute Gasteiger partial charge is 0.426 e. The molecule has 0 saturated carbocycles. The Bertz CT molecular complexity index is 1070. The highest BCUT2D eigenvalue weighted by atomic mass is 19.4. The molecule has 0 unspecified atom stereocenters. The third-order valence-electron chi connectivity index (χ3n) is 7.76. The summed E-state index contributed by atoms with van der Waals surface area (Å²) in [6.07, 6.45) is -21.4. The summed E-state index contributed by atoms with van der Waals surface area (Å²) in [5.74, 6) is -0.342. The van der Waals surface area contributed by atoms with Crippen LogP contribution in [-0.2, 0) is 17.8 Å². The number of rotatable bonds is 8. The number of benzene rings is 1. The summed E-state index contributed by atoms with van der Waals surface area (Å²) >= 11 is 0. The number of halogens is 9. The summed E-state index contributed by atoms with van der Waals surface area (Å²) in [6.45, 7) is 5.47. The van der Waals surface area contributed by atoms with Crippen LogP contribution in [0.3, 0.4) is 0 Å². The average molecular weight is 623 g/mol. The highest BCUT2D eigenvalue weighted by molar-refractivity contribution is 5.68. The van der Waals surface area contributed by atoms with E-state index < -0.39 is 41.9 Å². The van der Waals surface area contributed by atoms with E-state index in [4.69, 9.17) is 5.73 Å². The van der Waals surface area contributed by atoms with Gasteiger partial charge in [0.25, 0.3) is 6.10 Å². The molecule has 240 valence electrons. The van der Waals surface area contributed by atoms with E-state index in [1.807, 2.05) is 30.7 Å². The van der Waals surface area contributed by atoms with E-state index in [0.29, 0.717) is 38.2 Å². The number of piperidine rings is 1. The molecule has 0 atom stereocenters. The van der Waals surface area contributed by atoms with Crippen molar-refractivity contribution in [3.05, 3.63) is 29.3 Å². The lowest BCUT2D eigenvalue weighted by molar-refractivity contribution is -0.308. The molecule has 7 nitrogen and oxygen atoms in total. The van der Waals surface area contributed by atoms with E-state index in [1.54, 1.807) is 12.1 Å². The molecule has 3 rings (SSSR count). The van der Waals surface area contributed by atoms with Gasteiger partial charge in [0.15, 0.2) is 0 Å². The predicted octanol–water partition coefficient (Wildman–Crippen LogP) is 5.67. The zero-order valence-electron chi connectivity index (χ0n) is 23.4. The van der Waals surface area contributed by atoms with Crippen molar-refractivity contribution in [2.75, 3.05) is 39.8 Å². The molecule has 1 amide bonds. The number of alkyl halides is 9. The van der Waals surface area contributed by atoms with Gasteiger partial charge in [-0.3, -0.25) is 4.90 Å². The lowest BCUT2D eigenvalue weighted by Crippen LogP contribution is -2.50. The first-order chi connectivity index (χ1) is 19.1. The second-order valence-corrected chi connectivity index (χ2v) is 11.7. The Balaban J connectivity index is 1.73. The summed E-state index contributed by atoms with van der Waals surface area (Å²) in [4.78, 5) is 16.9. The molecule has 2 N–H and O–H groups in total. The van der Waals surface area contributed by atoms with Crippen LogP contribution >= 0.6 is 0 Å². The van der Waals surface area contributed by atoms with Crippen molar-refractivity contribution >= 4 is 6.09 Å². The zero-order valence-corrected chi connectivity index (χ0v) is 23.4. The molecular formula is C26H35F9N4O3. The number of hydrogen-bond acceptors (Lipinski definition) is 6. The largest absolute Gasteiger partial charge is 0.573 e. The van der Waals surface area contributed by atoms with Gasteiger partial charge in [-0.1, -0.05) is 6.07 Å². The van der Waals surface area contributed by atoms with E-state index in [-0.39, 0.29) is 38.2 Å². The minimum absolute atomic E-state index is 0.0964. The van der Waals surface area contributed by atoms with Crippen LogP contribution in [0.25, 0.3) is 0 Å². The quantitative estimate of drug-likeness (QED) is 0.377. The summed E-state index contributed by atoms with van der Waals surface area (Å²) in [5.41, 5.74) is 5.66. The highest BCUT2D eigenvalue weighted by Gasteiger charge is 2.60. The van der Waals surface area contributed by atoms with Crippen LogP contribution in [0.5, 0.6) is 5.75 Å². The molecule has 2 aliphatic heterocycles. The summed E-state index contributed by atoms with van der Waals surface area (Å²) < 4.78 is 125. The molecule has 2 aliphatic rings. The van der Waals surface area contributed by atoms with Crippen molar-refractivity contribution in [1.29, 1.82) is 0 Å². The Morgan fingerprint density at radius 3 is 2.17 bits per heavy atom.